The van der Waals surface area contributed by atoms with Gasteiger partial charge in [0.2, 0.25) is 5.75 Å². The van der Waals surface area contributed by atoms with E-state index in [-0.39, 0.29) is 11.5 Å². The molecule has 6 nitrogen and oxygen atoms in total. The minimum atomic E-state index is -0.0738. The molecule has 0 aromatic heterocycles. The molecule has 0 saturated carbocycles. The van der Waals surface area contributed by atoms with Crippen LogP contribution in [0.3, 0.4) is 0 Å². The van der Waals surface area contributed by atoms with Crippen LogP contribution in [0.5, 0.6) is 28.7 Å². The van der Waals surface area contributed by atoms with Crippen LogP contribution >= 0.6 is 11.8 Å². The van der Waals surface area contributed by atoms with Crippen LogP contribution in [0.2, 0.25) is 0 Å². The van der Waals surface area contributed by atoms with E-state index in [1.807, 2.05) is 44.7 Å². The maximum atomic E-state index is 10.4. The van der Waals surface area contributed by atoms with Crippen molar-refractivity contribution in [2.75, 3.05) is 34.4 Å². The highest BCUT2D eigenvalue weighted by molar-refractivity contribution is 7.99. The van der Waals surface area contributed by atoms with Crippen molar-refractivity contribution >= 4 is 11.8 Å². The minimum absolute atomic E-state index is 0.00265. The van der Waals surface area contributed by atoms with Crippen LogP contribution in [0.4, 0.5) is 0 Å². The molecule has 0 aliphatic carbocycles. The first kappa shape index (κ1) is 28.3. The Morgan fingerprint density at radius 2 is 1.69 bits per heavy atom. The summed E-state index contributed by atoms with van der Waals surface area (Å²) in [7, 11) is 4.95. The summed E-state index contributed by atoms with van der Waals surface area (Å²) in [5, 5.41) is 14.4. The Morgan fingerprint density at radius 1 is 1.00 bits per heavy atom. The molecule has 7 heteroatoms. The zero-order valence-corrected chi connectivity index (χ0v) is 24.1. The predicted octanol–water partition coefficient (Wildman–Crippen LogP) is 6.05. The molecule has 3 unspecified atom stereocenters. The zero-order valence-electron chi connectivity index (χ0n) is 23.3. The Kier molecular flexibility index (Phi) is 9.33. The average Bonchev–Trinajstić information content (AvgIpc) is 2.86. The van der Waals surface area contributed by atoms with Crippen LogP contribution < -0.4 is 24.3 Å². The second-order valence-electron chi connectivity index (χ2n) is 10.7. The maximum Gasteiger partial charge on any atom is 0.203 e. The molecule has 3 atom stereocenters. The summed E-state index contributed by atoms with van der Waals surface area (Å²) in [6, 6.07) is 5.98. The number of phenols is 1. The molecule has 2 aromatic carbocycles. The van der Waals surface area contributed by atoms with E-state index in [0.717, 1.165) is 59.0 Å². The molecule has 0 bridgehead atoms. The van der Waals surface area contributed by atoms with Crippen LogP contribution in [-0.2, 0) is 5.75 Å². The molecular weight excluding hydrogens is 474 g/mol. The fraction of sp³-hybridized carbons (Fsp3) is 0.586. The van der Waals surface area contributed by atoms with E-state index < -0.39 is 0 Å². The van der Waals surface area contributed by atoms with Gasteiger partial charge in [0.25, 0.3) is 0 Å². The van der Waals surface area contributed by atoms with Crippen LogP contribution in [0, 0.1) is 32.1 Å². The Morgan fingerprint density at radius 3 is 2.31 bits per heavy atom. The van der Waals surface area contributed by atoms with Crippen molar-refractivity contribution in [3.8, 4) is 28.7 Å². The van der Waals surface area contributed by atoms with E-state index in [4.69, 9.17) is 18.9 Å². The molecule has 0 spiro atoms. The number of piperidine rings is 1. The number of rotatable bonds is 9. The molecular formula is C29H43NO5S. The molecule has 3 rings (SSSR count). The summed E-state index contributed by atoms with van der Waals surface area (Å²) < 4.78 is 23.6. The predicted molar refractivity (Wildman–Crippen MR) is 148 cm³/mol. The van der Waals surface area contributed by atoms with Gasteiger partial charge in [-0.3, -0.25) is 0 Å². The van der Waals surface area contributed by atoms with E-state index in [1.54, 1.807) is 21.3 Å². The van der Waals surface area contributed by atoms with Gasteiger partial charge in [0.1, 0.15) is 17.6 Å². The number of nitrogens with one attached hydrogen (secondary N) is 1. The summed E-state index contributed by atoms with van der Waals surface area (Å²) in [4.78, 5) is 0. The van der Waals surface area contributed by atoms with Crippen molar-refractivity contribution in [2.24, 2.45) is 11.3 Å². The van der Waals surface area contributed by atoms with Crippen LogP contribution in [0.15, 0.2) is 18.2 Å². The molecule has 1 heterocycles. The number of hydrogen-bond acceptors (Lipinski definition) is 7. The van der Waals surface area contributed by atoms with Crippen LogP contribution in [0.1, 0.15) is 49.4 Å². The quantitative estimate of drug-likeness (QED) is 0.420. The number of aryl methyl sites for hydroxylation is 1. The summed E-state index contributed by atoms with van der Waals surface area (Å²) >= 11 is 1.95. The smallest absolute Gasteiger partial charge is 0.203 e. The number of thioether (sulfide) groups is 1. The second kappa shape index (κ2) is 11.9. The third-order valence-corrected chi connectivity index (χ3v) is 8.70. The topological polar surface area (TPSA) is 69.2 Å². The Hall–Kier alpha value is -2.25. The van der Waals surface area contributed by atoms with Gasteiger partial charge in [-0.25, -0.2) is 0 Å². The number of methoxy groups -OCH3 is 3. The van der Waals surface area contributed by atoms with E-state index >= 15 is 0 Å². The van der Waals surface area contributed by atoms with Crippen molar-refractivity contribution in [1.82, 2.24) is 5.32 Å². The first-order chi connectivity index (χ1) is 17.0. The highest BCUT2D eigenvalue weighted by atomic mass is 32.2. The molecule has 2 N–H and O–H groups in total. The van der Waals surface area contributed by atoms with Gasteiger partial charge in [-0.15, -0.1) is 0 Å². The van der Waals surface area contributed by atoms with Crippen LogP contribution in [-0.4, -0.2) is 50.9 Å². The summed E-state index contributed by atoms with van der Waals surface area (Å²) in [6.07, 6.45) is 1.06. The van der Waals surface area contributed by atoms with Crippen molar-refractivity contribution in [1.29, 1.82) is 0 Å². The molecule has 0 radical (unpaired) electrons. The standard InChI is InChI=1S/C29H43NO5S/c1-17-14-23(18(2)19(3)25(17)31)35-28(29(4,5)6)21-15-30-13-12-24(21)36-16-20-10-11-22(32-7)27(34-9)26(20)33-8/h10-11,14,21,24,28,30-31H,12-13,15-16H2,1-9H3. The lowest BCUT2D eigenvalue weighted by atomic mass is 9.78. The maximum absolute atomic E-state index is 10.4. The van der Waals surface area contributed by atoms with Crippen molar-refractivity contribution in [2.45, 2.75) is 65.1 Å². The van der Waals surface area contributed by atoms with Gasteiger partial charge in [-0.1, -0.05) is 26.8 Å². The van der Waals surface area contributed by atoms with Gasteiger partial charge in [0, 0.05) is 29.0 Å². The lowest BCUT2D eigenvalue weighted by Gasteiger charge is -2.43. The summed E-state index contributed by atoms with van der Waals surface area (Å²) in [5.74, 6) is 4.34. The van der Waals surface area contributed by atoms with Gasteiger partial charge in [-0.05, 0) is 68.0 Å². The fourth-order valence-corrected chi connectivity index (χ4v) is 6.43. The van der Waals surface area contributed by atoms with Crippen molar-refractivity contribution in [3.05, 3.63) is 40.5 Å². The highest BCUT2D eigenvalue weighted by Gasteiger charge is 2.40. The minimum Gasteiger partial charge on any atom is -0.507 e. The number of phenolic OH excluding ortho intramolecular Hbond substituents is 1. The molecule has 1 saturated heterocycles. The van der Waals surface area contributed by atoms with Crippen molar-refractivity contribution in [3.63, 3.8) is 0 Å². The number of ether oxygens (including phenoxy) is 4. The lowest BCUT2D eigenvalue weighted by molar-refractivity contribution is 0.0263. The van der Waals surface area contributed by atoms with E-state index in [0.29, 0.717) is 28.4 Å². The monoisotopic (exact) mass is 517 g/mol. The number of benzene rings is 2. The average molecular weight is 518 g/mol. The normalized spacial score (nSPS) is 19.0. The SMILES string of the molecule is COc1ccc(CSC2CCNCC2C(Oc2cc(C)c(O)c(C)c2C)C(C)(C)C)c(OC)c1OC. The summed E-state index contributed by atoms with van der Waals surface area (Å²) in [6.45, 7) is 14.6. The first-order valence-electron chi connectivity index (χ1n) is 12.6. The van der Waals surface area contributed by atoms with Gasteiger partial charge in [0.15, 0.2) is 11.5 Å². The number of hydrogen-bond donors (Lipinski definition) is 2. The molecule has 1 aliphatic heterocycles. The highest BCUT2D eigenvalue weighted by Crippen LogP contribution is 2.44. The van der Waals surface area contributed by atoms with Gasteiger partial charge >= 0.3 is 0 Å². The second-order valence-corrected chi connectivity index (χ2v) is 11.9. The van der Waals surface area contributed by atoms with Crippen molar-refractivity contribution < 1.29 is 24.1 Å². The Bertz CT molecular complexity index is 1050. The van der Waals surface area contributed by atoms with Gasteiger partial charge in [-0.2, -0.15) is 11.8 Å². The molecule has 1 aliphatic rings. The molecule has 1 fully saturated rings. The Labute approximate surface area is 221 Å². The third kappa shape index (κ3) is 6.00. The van der Waals surface area contributed by atoms with Gasteiger partial charge < -0.3 is 29.4 Å². The lowest BCUT2D eigenvalue weighted by Crippen LogP contribution is -2.51. The molecule has 36 heavy (non-hydrogen) atoms. The number of aromatic hydroxyl groups is 1. The third-order valence-electron chi connectivity index (χ3n) is 7.21. The van der Waals surface area contributed by atoms with E-state index in [1.165, 1.54) is 0 Å². The first-order valence-corrected chi connectivity index (χ1v) is 13.6. The van der Waals surface area contributed by atoms with E-state index in [2.05, 4.69) is 32.2 Å². The van der Waals surface area contributed by atoms with Crippen LogP contribution in [0.25, 0.3) is 0 Å². The summed E-state index contributed by atoms with van der Waals surface area (Å²) in [5.41, 5.74) is 3.73. The largest absolute Gasteiger partial charge is 0.507 e. The zero-order chi connectivity index (χ0) is 26.6. The Balaban J connectivity index is 1.88. The van der Waals surface area contributed by atoms with Gasteiger partial charge in [0.05, 0.1) is 21.3 Å². The molecule has 200 valence electrons. The molecule has 2 aromatic rings. The fourth-order valence-electron chi connectivity index (χ4n) is 5.04. The van der Waals surface area contributed by atoms with E-state index in [9.17, 15) is 5.11 Å². The molecule has 0 amide bonds.